The molecule has 2 nitrogen and oxygen atoms in total. The molecular formula is C16H27FN2. The molecule has 0 saturated heterocycles. The molecule has 0 saturated carbocycles. The van der Waals surface area contributed by atoms with Crippen molar-refractivity contribution < 1.29 is 4.39 Å². The molecule has 0 bridgehead atoms. The molecule has 0 aliphatic carbocycles. The van der Waals surface area contributed by atoms with Gasteiger partial charge in [0.2, 0.25) is 0 Å². The second-order valence-electron chi connectivity index (χ2n) is 5.26. The number of hydrogen-bond acceptors (Lipinski definition) is 2. The van der Waals surface area contributed by atoms with Gasteiger partial charge in [-0.2, -0.15) is 0 Å². The molecule has 0 aliphatic rings. The summed E-state index contributed by atoms with van der Waals surface area (Å²) in [7, 11) is 2.08. The van der Waals surface area contributed by atoms with Crippen LogP contribution in [-0.2, 0) is 0 Å². The van der Waals surface area contributed by atoms with Crippen LogP contribution in [0, 0.1) is 12.7 Å². The molecular weight excluding hydrogens is 239 g/mol. The highest BCUT2D eigenvalue weighted by molar-refractivity contribution is 5.56. The van der Waals surface area contributed by atoms with Crippen LogP contribution < -0.4 is 10.2 Å². The molecule has 1 aromatic carbocycles. The maximum Gasteiger partial charge on any atom is 0.126 e. The van der Waals surface area contributed by atoms with Crippen molar-refractivity contribution in [3.05, 3.63) is 29.1 Å². The van der Waals surface area contributed by atoms with Crippen molar-refractivity contribution in [2.24, 2.45) is 0 Å². The van der Waals surface area contributed by atoms with Gasteiger partial charge in [0.05, 0.1) is 0 Å². The Morgan fingerprint density at radius 2 is 1.95 bits per heavy atom. The van der Waals surface area contributed by atoms with E-state index in [0.717, 1.165) is 37.2 Å². The van der Waals surface area contributed by atoms with Gasteiger partial charge >= 0.3 is 0 Å². The van der Waals surface area contributed by atoms with Crippen LogP contribution in [0.4, 0.5) is 10.1 Å². The van der Waals surface area contributed by atoms with E-state index in [0.29, 0.717) is 5.56 Å². The Labute approximate surface area is 117 Å². The van der Waals surface area contributed by atoms with E-state index >= 15 is 0 Å². The highest BCUT2D eigenvalue weighted by Gasteiger charge is 2.15. The third-order valence-electron chi connectivity index (χ3n) is 3.45. The second-order valence-corrected chi connectivity index (χ2v) is 5.26. The van der Waals surface area contributed by atoms with Crippen LogP contribution in [0.25, 0.3) is 0 Å². The molecule has 0 amide bonds. The van der Waals surface area contributed by atoms with Gasteiger partial charge < -0.3 is 10.2 Å². The number of halogens is 1. The Kier molecular flexibility index (Phi) is 6.29. The summed E-state index contributed by atoms with van der Waals surface area (Å²) >= 11 is 0. The fraction of sp³-hybridized carbons (Fsp3) is 0.625. The van der Waals surface area contributed by atoms with Gasteiger partial charge in [0.15, 0.2) is 0 Å². The van der Waals surface area contributed by atoms with Crippen LogP contribution in [0.3, 0.4) is 0 Å². The molecule has 0 aliphatic heterocycles. The lowest BCUT2D eigenvalue weighted by molar-refractivity contribution is 0.559. The van der Waals surface area contributed by atoms with Crippen molar-refractivity contribution in [3.63, 3.8) is 0 Å². The van der Waals surface area contributed by atoms with E-state index in [1.54, 1.807) is 6.07 Å². The molecule has 0 fully saturated rings. The van der Waals surface area contributed by atoms with Crippen molar-refractivity contribution >= 4 is 5.69 Å². The largest absolute Gasteiger partial charge is 0.374 e. The molecule has 3 heteroatoms. The van der Waals surface area contributed by atoms with E-state index in [2.05, 4.69) is 38.0 Å². The average molecular weight is 266 g/mol. The molecule has 19 heavy (non-hydrogen) atoms. The zero-order chi connectivity index (χ0) is 14.4. The van der Waals surface area contributed by atoms with Crippen molar-refractivity contribution in [2.45, 2.75) is 46.6 Å². The molecule has 1 atom stereocenters. The molecule has 1 aromatic rings. The summed E-state index contributed by atoms with van der Waals surface area (Å²) in [6.07, 6.45) is 2.17. The van der Waals surface area contributed by atoms with E-state index in [9.17, 15) is 4.39 Å². The van der Waals surface area contributed by atoms with Gasteiger partial charge in [0.25, 0.3) is 0 Å². The van der Waals surface area contributed by atoms with Gasteiger partial charge in [-0.1, -0.05) is 13.8 Å². The summed E-state index contributed by atoms with van der Waals surface area (Å²) in [5.41, 5.74) is 2.90. The van der Waals surface area contributed by atoms with Gasteiger partial charge in [0, 0.05) is 25.3 Å². The van der Waals surface area contributed by atoms with Gasteiger partial charge in [0.1, 0.15) is 5.82 Å². The summed E-state index contributed by atoms with van der Waals surface area (Å²) in [6, 6.07) is 3.82. The van der Waals surface area contributed by atoms with Gasteiger partial charge in [-0.15, -0.1) is 0 Å². The third kappa shape index (κ3) is 4.20. The van der Waals surface area contributed by atoms with E-state index in [-0.39, 0.29) is 11.9 Å². The molecule has 0 aromatic heterocycles. The van der Waals surface area contributed by atoms with Crippen molar-refractivity contribution in [1.82, 2.24) is 5.32 Å². The molecule has 1 N–H and O–H groups in total. The molecule has 1 rings (SSSR count). The Hall–Kier alpha value is -1.09. The summed E-state index contributed by atoms with van der Waals surface area (Å²) in [6.45, 7) is 10.2. The van der Waals surface area contributed by atoms with Gasteiger partial charge in [-0.25, -0.2) is 4.39 Å². The van der Waals surface area contributed by atoms with Gasteiger partial charge in [-0.05, 0) is 56.5 Å². The standard InChI is InChI=1S/C16H27FN2/c1-6-8-18-13(4)14-11-15(17)12(3)10-16(14)19(5)9-7-2/h10-11,13,18H,6-9H2,1-5H3. The van der Waals surface area contributed by atoms with Gasteiger partial charge in [-0.3, -0.25) is 0 Å². The lowest BCUT2D eigenvalue weighted by atomic mass is 10.0. The van der Waals surface area contributed by atoms with Crippen LogP contribution >= 0.6 is 0 Å². The highest BCUT2D eigenvalue weighted by atomic mass is 19.1. The van der Waals surface area contributed by atoms with Crippen LogP contribution in [0.2, 0.25) is 0 Å². The van der Waals surface area contributed by atoms with Crippen molar-refractivity contribution in [1.29, 1.82) is 0 Å². The van der Waals surface area contributed by atoms with Crippen LogP contribution in [-0.4, -0.2) is 20.1 Å². The fourth-order valence-corrected chi connectivity index (χ4v) is 2.29. The first-order chi connectivity index (χ1) is 9.01. The molecule has 0 spiro atoms. The van der Waals surface area contributed by atoms with Crippen LogP contribution in [0.15, 0.2) is 12.1 Å². The first kappa shape index (κ1) is 16.0. The second kappa shape index (κ2) is 7.49. The molecule has 1 unspecified atom stereocenters. The number of rotatable bonds is 7. The number of nitrogens with zero attached hydrogens (tertiary/aromatic N) is 1. The zero-order valence-corrected chi connectivity index (χ0v) is 12.9. The lowest BCUT2D eigenvalue weighted by Gasteiger charge is -2.26. The monoisotopic (exact) mass is 266 g/mol. The smallest absolute Gasteiger partial charge is 0.126 e. The Bertz CT molecular complexity index is 404. The Balaban J connectivity index is 3.08. The normalized spacial score (nSPS) is 12.5. The van der Waals surface area contributed by atoms with Crippen molar-refractivity contribution in [2.75, 3.05) is 25.0 Å². The van der Waals surface area contributed by atoms with E-state index < -0.39 is 0 Å². The maximum absolute atomic E-state index is 13.8. The first-order valence-corrected chi connectivity index (χ1v) is 7.25. The average Bonchev–Trinajstić information content (AvgIpc) is 2.38. The minimum absolute atomic E-state index is 0.117. The quantitative estimate of drug-likeness (QED) is 0.801. The van der Waals surface area contributed by atoms with E-state index in [1.807, 2.05) is 13.0 Å². The molecule has 108 valence electrons. The SMILES string of the molecule is CCCNC(C)c1cc(F)c(C)cc1N(C)CCC. The number of nitrogens with one attached hydrogen (secondary N) is 1. The number of hydrogen-bond donors (Lipinski definition) is 1. The van der Waals surface area contributed by atoms with Crippen molar-refractivity contribution in [3.8, 4) is 0 Å². The fourth-order valence-electron chi connectivity index (χ4n) is 2.29. The first-order valence-electron chi connectivity index (χ1n) is 7.25. The highest BCUT2D eigenvalue weighted by Crippen LogP contribution is 2.28. The van der Waals surface area contributed by atoms with E-state index in [1.165, 1.54) is 0 Å². The third-order valence-corrected chi connectivity index (χ3v) is 3.45. The Morgan fingerprint density at radius 3 is 2.53 bits per heavy atom. The number of aryl methyl sites for hydroxylation is 1. The predicted molar refractivity (Wildman–Crippen MR) is 81.4 cm³/mol. The number of benzene rings is 1. The lowest BCUT2D eigenvalue weighted by Crippen LogP contribution is -2.25. The summed E-state index contributed by atoms with van der Waals surface area (Å²) in [5.74, 6) is -0.117. The number of anilines is 1. The van der Waals surface area contributed by atoms with E-state index in [4.69, 9.17) is 0 Å². The zero-order valence-electron chi connectivity index (χ0n) is 12.9. The minimum Gasteiger partial charge on any atom is -0.374 e. The minimum atomic E-state index is -0.117. The Morgan fingerprint density at radius 1 is 1.26 bits per heavy atom. The van der Waals surface area contributed by atoms with Crippen LogP contribution in [0.5, 0.6) is 0 Å². The molecule has 0 heterocycles. The molecule has 0 radical (unpaired) electrons. The van der Waals surface area contributed by atoms with Crippen LogP contribution in [0.1, 0.15) is 50.8 Å². The summed E-state index contributed by atoms with van der Waals surface area (Å²) < 4.78 is 13.8. The topological polar surface area (TPSA) is 15.3 Å². The maximum atomic E-state index is 13.8. The summed E-state index contributed by atoms with van der Waals surface area (Å²) in [5, 5.41) is 3.44. The predicted octanol–water partition coefficient (Wildman–Crippen LogP) is 4.04. The summed E-state index contributed by atoms with van der Waals surface area (Å²) in [4.78, 5) is 2.21.